The molecule has 0 atom stereocenters. The Hall–Kier alpha value is -3.09. The summed E-state index contributed by atoms with van der Waals surface area (Å²) in [5.74, 6) is 2.44. The highest BCUT2D eigenvalue weighted by Crippen LogP contribution is 2.29. The lowest BCUT2D eigenvalue weighted by Crippen LogP contribution is -2.37. The maximum atomic E-state index is 12.3. The molecule has 1 fully saturated rings. The number of carbonyl (C=O) groups is 1. The molecule has 0 spiro atoms. The topological polar surface area (TPSA) is 81.6 Å². The predicted octanol–water partition coefficient (Wildman–Crippen LogP) is 3.36. The Morgan fingerprint density at radius 3 is 2.62 bits per heavy atom. The number of ether oxygens (including phenoxy) is 1. The molecule has 0 bridgehead atoms. The summed E-state index contributed by atoms with van der Waals surface area (Å²) in [5, 5.41) is 4.09. The van der Waals surface area contributed by atoms with Crippen LogP contribution in [0.15, 0.2) is 51.6 Å². The summed E-state index contributed by atoms with van der Waals surface area (Å²) in [6.07, 6.45) is 3.09. The Morgan fingerprint density at radius 1 is 1.19 bits per heavy atom. The van der Waals surface area contributed by atoms with E-state index in [2.05, 4.69) is 10.1 Å². The first kappa shape index (κ1) is 16.4. The van der Waals surface area contributed by atoms with Crippen molar-refractivity contribution in [1.29, 1.82) is 0 Å². The van der Waals surface area contributed by atoms with E-state index < -0.39 is 0 Å². The van der Waals surface area contributed by atoms with Gasteiger partial charge in [-0.25, -0.2) is 0 Å². The van der Waals surface area contributed by atoms with Gasteiger partial charge >= 0.3 is 0 Å². The van der Waals surface area contributed by atoms with E-state index in [1.807, 2.05) is 24.3 Å². The van der Waals surface area contributed by atoms with Gasteiger partial charge in [0.15, 0.2) is 5.76 Å². The van der Waals surface area contributed by atoms with Gasteiger partial charge in [-0.3, -0.25) is 4.79 Å². The zero-order valence-corrected chi connectivity index (χ0v) is 14.4. The van der Waals surface area contributed by atoms with E-state index in [4.69, 9.17) is 13.7 Å². The monoisotopic (exact) mass is 353 g/mol. The Bertz CT molecular complexity index is 863. The van der Waals surface area contributed by atoms with Crippen molar-refractivity contribution >= 4 is 5.91 Å². The molecule has 1 aliphatic heterocycles. The number of nitrogens with zero attached hydrogens (tertiary/aromatic N) is 3. The van der Waals surface area contributed by atoms with Crippen LogP contribution in [0, 0.1) is 0 Å². The molecular weight excluding hydrogens is 334 g/mol. The van der Waals surface area contributed by atoms with Crippen molar-refractivity contribution in [3.05, 3.63) is 54.3 Å². The molecule has 26 heavy (non-hydrogen) atoms. The molecule has 0 radical (unpaired) electrons. The van der Waals surface area contributed by atoms with Gasteiger partial charge in [0.25, 0.3) is 5.91 Å². The first-order valence-corrected chi connectivity index (χ1v) is 8.55. The number of furan rings is 1. The minimum Gasteiger partial charge on any atom is -0.497 e. The van der Waals surface area contributed by atoms with Crippen LogP contribution < -0.4 is 4.74 Å². The number of aromatic nitrogens is 2. The Balaban J connectivity index is 1.40. The molecule has 1 saturated heterocycles. The number of piperidine rings is 1. The first-order chi connectivity index (χ1) is 12.7. The van der Waals surface area contributed by atoms with Crippen LogP contribution >= 0.6 is 0 Å². The van der Waals surface area contributed by atoms with Gasteiger partial charge in [-0.2, -0.15) is 4.98 Å². The lowest BCUT2D eigenvalue weighted by Gasteiger charge is -2.29. The highest BCUT2D eigenvalue weighted by molar-refractivity contribution is 5.91. The van der Waals surface area contributed by atoms with Crippen LogP contribution in [0.4, 0.5) is 0 Å². The smallest absolute Gasteiger partial charge is 0.289 e. The zero-order chi connectivity index (χ0) is 17.9. The highest BCUT2D eigenvalue weighted by Gasteiger charge is 2.29. The van der Waals surface area contributed by atoms with Gasteiger partial charge in [0.1, 0.15) is 5.75 Å². The third-order valence-electron chi connectivity index (χ3n) is 4.65. The molecule has 1 aliphatic rings. The molecule has 2 aromatic heterocycles. The van der Waals surface area contributed by atoms with Crippen LogP contribution in [0.2, 0.25) is 0 Å². The van der Waals surface area contributed by atoms with Crippen molar-refractivity contribution in [3.63, 3.8) is 0 Å². The summed E-state index contributed by atoms with van der Waals surface area (Å²) in [5.41, 5.74) is 0.881. The lowest BCUT2D eigenvalue weighted by molar-refractivity contribution is 0.0672. The minimum absolute atomic E-state index is 0.0714. The third kappa shape index (κ3) is 3.20. The van der Waals surface area contributed by atoms with Crippen molar-refractivity contribution in [3.8, 4) is 17.1 Å². The number of hydrogen-bond acceptors (Lipinski definition) is 6. The standard InChI is InChI=1S/C19H19N3O4/c1-24-15-6-4-13(5-7-15)17-20-18(26-21-17)14-8-10-22(11-9-14)19(23)16-3-2-12-25-16/h2-7,12,14H,8-11H2,1H3. The number of carbonyl (C=O) groups excluding carboxylic acids is 1. The molecule has 134 valence electrons. The van der Waals surface area contributed by atoms with Crippen molar-refractivity contribution < 1.29 is 18.5 Å². The average molecular weight is 353 g/mol. The SMILES string of the molecule is COc1ccc(-c2noc(C3CCN(C(=O)c4ccco4)CC3)n2)cc1. The van der Waals surface area contributed by atoms with Gasteiger partial charge in [-0.05, 0) is 49.2 Å². The van der Waals surface area contributed by atoms with Crippen LogP contribution in [-0.2, 0) is 0 Å². The summed E-state index contributed by atoms with van der Waals surface area (Å²) in [4.78, 5) is 18.7. The second kappa shape index (κ2) is 7.03. The van der Waals surface area contributed by atoms with Crippen molar-refractivity contribution in [2.75, 3.05) is 20.2 Å². The van der Waals surface area contributed by atoms with E-state index in [9.17, 15) is 4.79 Å². The lowest BCUT2D eigenvalue weighted by atomic mass is 9.96. The van der Waals surface area contributed by atoms with E-state index in [-0.39, 0.29) is 11.8 Å². The van der Waals surface area contributed by atoms with E-state index in [1.54, 1.807) is 24.1 Å². The molecule has 7 nitrogen and oxygen atoms in total. The molecule has 0 unspecified atom stereocenters. The van der Waals surface area contributed by atoms with Crippen molar-refractivity contribution in [2.45, 2.75) is 18.8 Å². The summed E-state index contributed by atoms with van der Waals surface area (Å²) >= 11 is 0. The van der Waals surface area contributed by atoms with Crippen LogP contribution in [0.3, 0.4) is 0 Å². The molecule has 3 aromatic rings. The predicted molar refractivity (Wildman–Crippen MR) is 92.9 cm³/mol. The van der Waals surface area contributed by atoms with Gasteiger partial charge < -0.3 is 18.6 Å². The maximum Gasteiger partial charge on any atom is 0.289 e. The van der Waals surface area contributed by atoms with E-state index in [0.29, 0.717) is 30.6 Å². The van der Waals surface area contributed by atoms with Gasteiger partial charge in [-0.1, -0.05) is 5.16 Å². The summed E-state index contributed by atoms with van der Waals surface area (Å²) in [6.45, 7) is 1.29. The van der Waals surface area contributed by atoms with Crippen LogP contribution in [-0.4, -0.2) is 41.1 Å². The zero-order valence-electron chi connectivity index (χ0n) is 14.4. The molecule has 3 heterocycles. The van der Waals surface area contributed by atoms with Crippen molar-refractivity contribution in [1.82, 2.24) is 15.0 Å². The molecule has 0 aliphatic carbocycles. The highest BCUT2D eigenvalue weighted by atomic mass is 16.5. The number of rotatable bonds is 4. The maximum absolute atomic E-state index is 12.3. The van der Waals surface area contributed by atoms with Gasteiger partial charge in [-0.15, -0.1) is 0 Å². The summed E-state index contributed by atoms with van der Waals surface area (Å²) in [7, 11) is 1.63. The van der Waals surface area contributed by atoms with E-state index in [1.165, 1.54) is 6.26 Å². The Labute approximate surface area is 150 Å². The molecule has 7 heteroatoms. The third-order valence-corrected chi connectivity index (χ3v) is 4.65. The van der Waals surface area contributed by atoms with Crippen LogP contribution in [0.25, 0.3) is 11.4 Å². The average Bonchev–Trinajstić information content (AvgIpc) is 3.40. The molecule has 0 saturated carbocycles. The fourth-order valence-corrected chi connectivity index (χ4v) is 3.14. The fourth-order valence-electron chi connectivity index (χ4n) is 3.14. The van der Waals surface area contributed by atoms with E-state index >= 15 is 0 Å². The van der Waals surface area contributed by atoms with Crippen LogP contribution in [0.1, 0.15) is 35.2 Å². The Kier molecular flexibility index (Phi) is 4.43. The molecular formula is C19H19N3O4. The first-order valence-electron chi connectivity index (χ1n) is 8.55. The number of hydrogen-bond donors (Lipinski definition) is 0. The quantitative estimate of drug-likeness (QED) is 0.715. The number of benzene rings is 1. The fraction of sp³-hybridized carbons (Fsp3) is 0.316. The van der Waals surface area contributed by atoms with Crippen LogP contribution in [0.5, 0.6) is 5.75 Å². The molecule has 1 aromatic carbocycles. The second-order valence-electron chi connectivity index (χ2n) is 6.23. The molecule has 1 amide bonds. The minimum atomic E-state index is -0.0714. The Morgan fingerprint density at radius 2 is 1.96 bits per heavy atom. The normalized spacial score (nSPS) is 15.2. The largest absolute Gasteiger partial charge is 0.497 e. The number of likely N-dealkylation sites (tertiary alicyclic amines) is 1. The molecule has 4 rings (SSSR count). The van der Waals surface area contributed by atoms with Gasteiger partial charge in [0, 0.05) is 24.6 Å². The van der Waals surface area contributed by atoms with E-state index in [0.717, 1.165) is 24.2 Å². The molecule has 0 N–H and O–H groups in total. The summed E-state index contributed by atoms with van der Waals surface area (Å²) < 4.78 is 15.8. The van der Waals surface area contributed by atoms with Crippen molar-refractivity contribution in [2.24, 2.45) is 0 Å². The van der Waals surface area contributed by atoms with Gasteiger partial charge in [0.05, 0.1) is 13.4 Å². The number of amides is 1. The number of methoxy groups -OCH3 is 1. The van der Waals surface area contributed by atoms with Gasteiger partial charge in [0.2, 0.25) is 11.7 Å². The second-order valence-corrected chi connectivity index (χ2v) is 6.23. The summed E-state index contributed by atoms with van der Waals surface area (Å²) in [6, 6.07) is 10.9.